The molecule has 0 saturated heterocycles. The van der Waals surface area contributed by atoms with Crippen LogP contribution in [0.4, 0.5) is 23.7 Å². The lowest BCUT2D eigenvalue weighted by molar-refractivity contribution is -0.183. The number of benzene rings is 1. The van der Waals surface area contributed by atoms with Crippen molar-refractivity contribution in [1.82, 2.24) is 10.2 Å². The fraction of sp³-hybridized carbons (Fsp3) is 0.600. The van der Waals surface area contributed by atoms with Crippen LogP contribution in [0.1, 0.15) is 42.4 Å². The van der Waals surface area contributed by atoms with E-state index in [2.05, 4.69) is 10.6 Å². The maximum Gasteiger partial charge on any atom is 0.391 e. The van der Waals surface area contributed by atoms with E-state index in [1.54, 1.807) is 0 Å². The minimum absolute atomic E-state index is 0.101. The molecular formula is C20H28F3N3O2. The maximum absolute atomic E-state index is 12.9. The molecule has 1 fully saturated rings. The summed E-state index contributed by atoms with van der Waals surface area (Å²) in [5.74, 6) is -1.74. The molecule has 28 heavy (non-hydrogen) atoms. The first-order chi connectivity index (χ1) is 13.0. The number of anilines is 1. The number of hydrogen-bond acceptors (Lipinski definition) is 2. The summed E-state index contributed by atoms with van der Waals surface area (Å²) in [4.78, 5) is 25.8. The molecule has 2 N–H and O–H groups in total. The molecular weight excluding hydrogens is 371 g/mol. The lowest BCUT2D eigenvalue weighted by Crippen LogP contribution is -2.48. The lowest BCUT2D eigenvalue weighted by atomic mass is 9.85. The van der Waals surface area contributed by atoms with Crippen LogP contribution in [0.25, 0.3) is 0 Å². The molecule has 1 aromatic carbocycles. The van der Waals surface area contributed by atoms with Crippen LogP contribution < -0.4 is 10.6 Å². The maximum atomic E-state index is 12.9. The van der Waals surface area contributed by atoms with Gasteiger partial charge in [0.1, 0.15) is 6.54 Å². The summed E-state index contributed by atoms with van der Waals surface area (Å²) in [5, 5.41) is 5.44. The highest BCUT2D eigenvalue weighted by atomic mass is 19.4. The van der Waals surface area contributed by atoms with E-state index >= 15 is 0 Å². The van der Waals surface area contributed by atoms with E-state index in [1.807, 2.05) is 32.9 Å². The highest BCUT2D eigenvalue weighted by molar-refractivity contribution is 5.95. The van der Waals surface area contributed by atoms with Gasteiger partial charge in [-0.2, -0.15) is 13.2 Å². The Kier molecular flexibility index (Phi) is 6.96. The average Bonchev–Trinajstić information content (AvgIpc) is 2.57. The van der Waals surface area contributed by atoms with Crippen LogP contribution in [-0.4, -0.2) is 42.6 Å². The van der Waals surface area contributed by atoms with E-state index in [4.69, 9.17) is 0 Å². The van der Waals surface area contributed by atoms with Gasteiger partial charge in [-0.05, 0) is 51.2 Å². The average molecular weight is 399 g/mol. The number of carbonyl (C=O) groups is 2. The summed E-state index contributed by atoms with van der Waals surface area (Å²) in [7, 11) is 1.45. The molecule has 156 valence electrons. The van der Waals surface area contributed by atoms with Crippen LogP contribution in [0.2, 0.25) is 0 Å². The summed E-state index contributed by atoms with van der Waals surface area (Å²) in [6.07, 6.45) is -3.31. The van der Waals surface area contributed by atoms with Crippen molar-refractivity contribution in [2.45, 2.75) is 58.7 Å². The van der Waals surface area contributed by atoms with Gasteiger partial charge in [-0.1, -0.05) is 24.1 Å². The van der Waals surface area contributed by atoms with Crippen LogP contribution in [0.15, 0.2) is 12.1 Å². The Morgan fingerprint density at radius 2 is 1.75 bits per heavy atom. The molecule has 3 amide bonds. The van der Waals surface area contributed by atoms with Crippen LogP contribution in [0.5, 0.6) is 0 Å². The number of hydrogen-bond donors (Lipinski definition) is 2. The summed E-state index contributed by atoms with van der Waals surface area (Å²) in [6, 6.07) is 2.85. The van der Waals surface area contributed by atoms with Gasteiger partial charge in [0.15, 0.2) is 0 Å². The quantitative estimate of drug-likeness (QED) is 0.792. The van der Waals surface area contributed by atoms with E-state index in [9.17, 15) is 22.8 Å². The Balaban J connectivity index is 1.89. The summed E-state index contributed by atoms with van der Waals surface area (Å²) >= 11 is 0. The number of amides is 3. The molecule has 0 radical (unpaired) electrons. The fourth-order valence-corrected chi connectivity index (χ4v) is 3.75. The molecule has 2 atom stereocenters. The van der Waals surface area contributed by atoms with Crippen LogP contribution in [0, 0.1) is 26.7 Å². The first-order valence-electron chi connectivity index (χ1n) is 9.43. The number of likely N-dealkylation sites (N-methyl/N-ethyl adjacent to an activating group) is 1. The predicted molar refractivity (Wildman–Crippen MR) is 102 cm³/mol. The molecule has 1 aliphatic rings. The largest absolute Gasteiger partial charge is 0.391 e. The molecule has 0 heterocycles. The number of halogens is 3. The van der Waals surface area contributed by atoms with E-state index in [0.29, 0.717) is 18.5 Å². The normalized spacial score (nSPS) is 19.8. The molecule has 1 aliphatic carbocycles. The number of urea groups is 1. The van der Waals surface area contributed by atoms with Gasteiger partial charge >= 0.3 is 12.2 Å². The fourth-order valence-electron chi connectivity index (χ4n) is 3.75. The third-order valence-electron chi connectivity index (χ3n) is 5.13. The third-order valence-corrected chi connectivity index (χ3v) is 5.13. The molecule has 8 heteroatoms. The van der Waals surface area contributed by atoms with Gasteiger partial charge in [0, 0.05) is 18.8 Å². The number of carbonyl (C=O) groups excluding carboxylic acids is 2. The van der Waals surface area contributed by atoms with Crippen molar-refractivity contribution < 1.29 is 22.8 Å². The van der Waals surface area contributed by atoms with E-state index in [-0.39, 0.29) is 25.3 Å². The lowest BCUT2D eigenvalue weighted by Gasteiger charge is -2.32. The van der Waals surface area contributed by atoms with Crippen molar-refractivity contribution in [2.75, 3.05) is 18.9 Å². The first-order valence-corrected chi connectivity index (χ1v) is 9.43. The molecule has 5 nitrogen and oxygen atoms in total. The summed E-state index contributed by atoms with van der Waals surface area (Å²) in [6.45, 7) is 5.57. The molecule has 0 aromatic heterocycles. The molecule has 2 rings (SSSR count). The van der Waals surface area contributed by atoms with Crippen molar-refractivity contribution >= 4 is 17.6 Å². The molecule has 0 spiro atoms. The van der Waals surface area contributed by atoms with Gasteiger partial charge in [-0.3, -0.25) is 4.79 Å². The second-order valence-electron chi connectivity index (χ2n) is 7.73. The third kappa shape index (κ3) is 5.87. The summed E-state index contributed by atoms with van der Waals surface area (Å²) < 4.78 is 38.7. The topological polar surface area (TPSA) is 61.4 Å². The first kappa shape index (κ1) is 22.0. The van der Waals surface area contributed by atoms with Crippen LogP contribution >= 0.6 is 0 Å². The Morgan fingerprint density at radius 1 is 1.14 bits per heavy atom. The summed E-state index contributed by atoms with van der Waals surface area (Å²) in [5.41, 5.74) is 3.66. The van der Waals surface area contributed by atoms with Gasteiger partial charge in [-0.15, -0.1) is 0 Å². The van der Waals surface area contributed by atoms with Crippen molar-refractivity contribution in [3.8, 4) is 0 Å². The number of nitrogens with zero attached hydrogens (tertiary/aromatic N) is 1. The van der Waals surface area contributed by atoms with Crippen LogP contribution in [-0.2, 0) is 4.79 Å². The van der Waals surface area contributed by atoms with Crippen LogP contribution in [0.3, 0.4) is 0 Å². The van der Waals surface area contributed by atoms with Gasteiger partial charge in [0.25, 0.3) is 0 Å². The molecule has 1 saturated carbocycles. The second kappa shape index (κ2) is 8.84. The van der Waals surface area contributed by atoms with Gasteiger partial charge in [0.2, 0.25) is 5.91 Å². The molecule has 0 aliphatic heterocycles. The Labute approximate surface area is 163 Å². The van der Waals surface area contributed by atoms with Crippen molar-refractivity contribution in [2.24, 2.45) is 5.92 Å². The van der Waals surface area contributed by atoms with Crippen molar-refractivity contribution in [3.63, 3.8) is 0 Å². The molecule has 1 aromatic rings. The number of alkyl halides is 3. The minimum Gasteiger partial charge on any atom is -0.335 e. The zero-order valence-electron chi connectivity index (χ0n) is 16.7. The zero-order valence-corrected chi connectivity index (χ0v) is 16.7. The monoisotopic (exact) mass is 399 g/mol. The van der Waals surface area contributed by atoms with E-state index in [0.717, 1.165) is 16.7 Å². The van der Waals surface area contributed by atoms with Crippen molar-refractivity contribution in [1.29, 1.82) is 0 Å². The predicted octanol–water partition coefficient (Wildman–Crippen LogP) is 4.31. The Morgan fingerprint density at radius 3 is 2.32 bits per heavy atom. The van der Waals surface area contributed by atoms with E-state index < -0.39 is 24.2 Å². The number of aryl methyl sites for hydroxylation is 3. The van der Waals surface area contributed by atoms with Gasteiger partial charge in [-0.25, -0.2) is 4.79 Å². The minimum atomic E-state index is -4.24. The highest BCUT2D eigenvalue weighted by Crippen LogP contribution is 2.37. The smallest absolute Gasteiger partial charge is 0.335 e. The SMILES string of the molecule is Cc1cc(C)c(NC(=O)CN(C)C(=O)NC2CCCC(C(F)(F)F)C2)c(C)c1. The standard InChI is InChI=1S/C20H28F3N3O2/c1-12-8-13(2)18(14(3)9-12)25-17(27)11-26(4)19(28)24-16-7-5-6-15(10-16)20(21,22)23/h8-9,15-16H,5-7,10-11H2,1-4H3,(H,24,28)(H,25,27). The highest BCUT2D eigenvalue weighted by Gasteiger charge is 2.42. The van der Waals surface area contributed by atoms with Gasteiger partial charge in [0.05, 0.1) is 5.92 Å². The van der Waals surface area contributed by atoms with E-state index in [1.165, 1.54) is 11.9 Å². The Bertz CT molecular complexity index is 711. The Hall–Kier alpha value is -2.25. The van der Waals surface area contributed by atoms with Gasteiger partial charge < -0.3 is 15.5 Å². The number of rotatable bonds is 4. The molecule has 0 bridgehead atoms. The second-order valence-corrected chi connectivity index (χ2v) is 7.73. The zero-order chi connectivity index (χ0) is 21.1. The number of nitrogens with one attached hydrogen (secondary N) is 2. The van der Waals surface area contributed by atoms with Crippen molar-refractivity contribution in [3.05, 3.63) is 28.8 Å². The molecule has 2 unspecified atom stereocenters.